The van der Waals surface area contributed by atoms with Crippen molar-refractivity contribution in [3.05, 3.63) is 0 Å². The maximum atomic E-state index is 3.76. The van der Waals surface area contributed by atoms with Gasteiger partial charge >= 0.3 is 0 Å². The second-order valence-electron chi connectivity index (χ2n) is 6.21. The highest BCUT2D eigenvalue weighted by atomic mass is 15.2. The van der Waals surface area contributed by atoms with Crippen LogP contribution in [0.5, 0.6) is 0 Å². The van der Waals surface area contributed by atoms with E-state index in [2.05, 4.69) is 34.0 Å². The minimum atomic E-state index is 0.764. The van der Waals surface area contributed by atoms with Crippen LogP contribution in [0.3, 0.4) is 0 Å². The first-order chi connectivity index (χ1) is 9.28. The number of nitrogens with one attached hydrogen (secondary N) is 1. The molecule has 0 saturated carbocycles. The largest absolute Gasteiger partial charge is 0.313 e. The number of piperazine rings is 1. The van der Waals surface area contributed by atoms with Crippen LogP contribution < -0.4 is 5.32 Å². The summed E-state index contributed by atoms with van der Waals surface area (Å²) in [7, 11) is 2.22. The second-order valence-corrected chi connectivity index (χ2v) is 6.21. The number of likely N-dealkylation sites (tertiary alicyclic amines) is 1. The van der Waals surface area contributed by atoms with E-state index < -0.39 is 0 Å². The molecule has 0 unspecified atom stereocenters. The van der Waals surface area contributed by atoms with Crippen LogP contribution in [0.1, 0.15) is 26.2 Å². The Hall–Kier alpha value is -0.160. The SMILES string of the molecule is CCCN1CCC(NCCN2CCN(C)CC2)CC1. The lowest BCUT2D eigenvalue weighted by Crippen LogP contribution is -2.48. The van der Waals surface area contributed by atoms with E-state index in [0.29, 0.717) is 0 Å². The smallest absolute Gasteiger partial charge is 0.0110 e. The van der Waals surface area contributed by atoms with Gasteiger partial charge in [0.2, 0.25) is 0 Å². The zero-order valence-electron chi connectivity index (χ0n) is 12.9. The van der Waals surface area contributed by atoms with E-state index in [1.54, 1.807) is 0 Å². The Balaban J connectivity index is 1.52. The van der Waals surface area contributed by atoms with Crippen molar-refractivity contribution in [1.82, 2.24) is 20.0 Å². The average Bonchev–Trinajstić information content (AvgIpc) is 2.43. The molecule has 2 rings (SSSR count). The normalized spacial score (nSPS) is 24.9. The molecule has 19 heavy (non-hydrogen) atoms. The van der Waals surface area contributed by atoms with E-state index in [1.807, 2.05) is 0 Å². The fourth-order valence-corrected chi connectivity index (χ4v) is 3.18. The molecule has 0 spiro atoms. The fourth-order valence-electron chi connectivity index (χ4n) is 3.18. The maximum Gasteiger partial charge on any atom is 0.0110 e. The summed E-state index contributed by atoms with van der Waals surface area (Å²) in [6.45, 7) is 13.5. The van der Waals surface area contributed by atoms with E-state index in [-0.39, 0.29) is 0 Å². The van der Waals surface area contributed by atoms with Crippen molar-refractivity contribution in [1.29, 1.82) is 0 Å². The number of nitrogens with zero attached hydrogens (tertiary/aromatic N) is 3. The first kappa shape index (κ1) is 15.2. The lowest BCUT2D eigenvalue weighted by molar-refractivity contribution is 0.149. The Morgan fingerprint density at radius 3 is 2.16 bits per heavy atom. The lowest BCUT2D eigenvalue weighted by atomic mass is 10.0. The first-order valence-corrected chi connectivity index (χ1v) is 8.14. The molecule has 4 heteroatoms. The van der Waals surface area contributed by atoms with Crippen molar-refractivity contribution < 1.29 is 0 Å². The summed E-state index contributed by atoms with van der Waals surface area (Å²) in [6.07, 6.45) is 3.97. The van der Waals surface area contributed by atoms with E-state index >= 15 is 0 Å². The van der Waals surface area contributed by atoms with Gasteiger partial charge in [0.15, 0.2) is 0 Å². The number of hydrogen-bond acceptors (Lipinski definition) is 4. The van der Waals surface area contributed by atoms with Gasteiger partial charge in [-0.2, -0.15) is 0 Å². The summed E-state index contributed by atoms with van der Waals surface area (Å²) in [4.78, 5) is 7.63. The molecule has 2 aliphatic rings. The predicted octanol–water partition coefficient (Wildman–Crippen LogP) is 0.698. The average molecular weight is 268 g/mol. The number of piperidine rings is 1. The molecule has 0 aromatic heterocycles. The molecule has 0 aromatic rings. The van der Waals surface area contributed by atoms with Crippen LogP contribution in [0.2, 0.25) is 0 Å². The van der Waals surface area contributed by atoms with E-state index in [9.17, 15) is 0 Å². The van der Waals surface area contributed by atoms with Crippen LogP contribution in [-0.2, 0) is 0 Å². The van der Waals surface area contributed by atoms with Crippen molar-refractivity contribution in [3.8, 4) is 0 Å². The molecule has 2 saturated heterocycles. The van der Waals surface area contributed by atoms with E-state index in [1.165, 1.54) is 78.2 Å². The fraction of sp³-hybridized carbons (Fsp3) is 1.00. The molecule has 0 atom stereocenters. The van der Waals surface area contributed by atoms with Gasteiger partial charge < -0.3 is 15.1 Å². The van der Waals surface area contributed by atoms with Gasteiger partial charge in [0.1, 0.15) is 0 Å². The van der Waals surface area contributed by atoms with Gasteiger partial charge in [-0.05, 0) is 45.9 Å². The lowest BCUT2D eigenvalue weighted by Gasteiger charge is -2.34. The molecule has 2 fully saturated rings. The topological polar surface area (TPSA) is 21.8 Å². The highest BCUT2D eigenvalue weighted by Gasteiger charge is 2.18. The molecule has 0 bridgehead atoms. The summed E-state index contributed by atoms with van der Waals surface area (Å²) in [5, 5.41) is 3.76. The Morgan fingerprint density at radius 1 is 0.895 bits per heavy atom. The quantitative estimate of drug-likeness (QED) is 0.765. The number of hydrogen-bond donors (Lipinski definition) is 1. The third-order valence-corrected chi connectivity index (χ3v) is 4.58. The van der Waals surface area contributed by atoms with Crippen LogP contribution in [0.15, 0.2) is 0 Å². The van der Waals surface area contributed by atoms with Gasteiger partial charge in [0, 0.05) is 45.3 Å². The summed E-state index contributed by atoms with van der Waals surface area (Å²) in [5.74, 6) is 0. The molecular formula is C15H32N4. The predicted molar refractivity (Wildman–Crippen MR) is 81.7 cm³/mol. The maximum absolute atomic E-state index is 3.76. The van der Waals surface area contributed by atoms with Gasteiger partial charge in [0.25, 0.3) is 0 Å². The van der Waals surface area contributed by atoms with Gasteiger partial charge in [-0.15, -0.1) is 0 Å². The van der Waals surface area contributed by atoms with Crippen LogP contribution in [0.4, 0.5) is 0 Å². The Morgan fingerprint density at radius 2 is 1.53 bits per heavy atom. The molecule has 112 valence electrons. The molecular weight excluding hydrogens is 236 g/mol. The summed E-state index contributed by atoms with van der Waals surface area (Å²) in [6, 6.07) is 0.764. The molecule has 2 aliphatic heterocycles. The van der Waals surface area contributed by atoms with Gasteiger partial charge in [0.05, 0.1) is 0 Å². The van der Waals surface area contributed by atoms with Crippen LogP contribution in [0.25, 0.3) is 0 Å². The number of likely N-dealkylation sites (N-methyl/N-ethyl adjacent to an activating group) is 1. The molecule has 4 nitrogen and oxygen atoms in total. The van der Waals surface area contributed by atoms with Crippen LogP contribution >= 0.6 is 0 Å². The molecule has 2 heterocycles. The monoisotopic (exact) mass is 268 g/mol. The zero-order chi connectivity index (χ0) is 13.5. The van der Waals surface area contributed by atoms with Crippen molar-refractivity contribution in [2.24, 2.45) is 0 Å². The van der Waals surface area contributed by atoms with Gasteiger partial charge in [-0.3, -0.25) is 4.90 Å². The molecule has 1 N–H and O–H groups in total. The summed E-state index contributed by atoms with van der Waals surface area (Å²) < 4.78 is 0. The molecule has 0 amide bonds. The minimum absolute atomic E-state index is 0.764. The standard InChI is InChI=1S/C15H32N4/c1-3-7-18-8-4-15(5-9-18)16-6-10-19-13-11-17(2)12-14-19/h15-16H,3-14H2,1-2H3. The van der Waals surface area contributed by atoms with Gasteiger partial charge in [-0.1, -0.05) is 6.92 Å². The molecule has 0 aromatic carbocycles. The third-order valence-electron chi connectivity index (χ3n) is 4.58. The zero-order valence-corrected chi connectivity index (χ0v) is 12.9. The second kappa shape index (κ2) is 8.20. The van der Waals surface area contributed by atoms with Crippen molar-refractivity contribution in [2.75, 3.05) is 66.0 Å². The van der Waals surface area contributed by atoms with Crippen molar-refractivity contribution >= 4 is 0 Å². The molecule has 0 aliphatic carbocycles. The van der Waals surface area contributed by atoms with Crippen molar-refractivity contribution in [2.45, 2.75) is 32.2 Å². The first-order valence-electron chi connectivity index (χ1n) is 8.14. The summed E-state index contributed by atoms with van der Waals surface area (Å²) in [5.41, 5.74) is 0. The van der Waals surface area contributed by atoms with E-state index in [0.717, 1.165) is 6.04 Å². The Kier molecular flexibility index (Phi) is 6.57. The highest BCUT2D eigenvalue weighted by Crippen LogP contribution is 2.10. The van der Waals surface area contributed by atoms with E-state index in [4.69, 9.17) is 0 Å². The van der Waals surface area contributed by atoms with Crippen molar-refractivity contribution in [3.63, 3.8) is 0 Å². The minimum Gasteiger partial charge on any atom is -0.313 e. The Bertz CT molecular complexity index is 230. The Labute approximate surface area is 119 Å². The van der Waals surface area contributed by atoms with Crippen LogP contribution in [0, 0.1) is 0 Å². The third kappa shape index (κ3) is 5.38. The van der Waals surface area contributed by atoms with Gasteiger partial charge in [-0.25, -0.2) is 0 Å². The highest BCUT2D eigenvalue weighted by molar-refractivity contribution is 4.78. The molecule has 0 radical (unpaired) electrons. The van der Waals surface area contributed by atoms with Crippen LogP contribution in [-0.4, -0.2) is 86.7 Å². The summed E-state index contributed by atoms with van der Waals surface area (Å²) >= 11 is 0. The number of rotatable bonds is 6.